The van der Waals surface area contributed by atoms with Gasteiger partial charge in [-0.15, -0.1) is 0 Å². The second kappa shape index (κ2) is 9.47. The third-order valence-electron chi connectivity index (χ3n) is 4.10. The third kappa shape index (κ3) is 5.41. The molecule has 0 bridgehead atoms. The molecule has 200 valence electrons. The highest BCUT2D eigenvalue weighted by molar-refractivity contribution is 5.19. The summed E-state index contributed by atoms with van der Waals surface area (Å²) in [7, 11) is 2.08. The van der Waals surface area contributed by atoms with E-state index in [0.29, 0.717) is 0 Å². The Bertz CT molecular complexity index is 700. The minimum atomic E-state index is -8.46. The first-order valence-corrected chi connectivity index (χ1v) is 7.81. The van der Waals surface area contributed by atoms with Crippen LogP contribution in [-0.4, -0.2) is 85.1 Å². The average Bonchev–Trinajstić information content (AvgIpc) is 2.57. The number of allylic oxidation sites excluding steroid dienone is 1. The molecular weight excluding hydrogens is 538 g/mol. The van der Waals surface area contributed by atoms with Crippen LogP contribution in [0.5, 0.6) is 0 Å². The van der Waals surface area contributed by atoms with Crippen molar-refractivity contribution in [2.75, 3.05) is 33.8 Å². The molecule has 0 aromatic heterocycles. The quantitative estimate of drug-likeness (QED) is 0.327. The van der Waals surface area contributed by atoms with Crippen molar-refractivity contribution in [1.29, 1.82) is 0 Å². The number of likely N-dealkylation sites (N-methyl/N-ethyl adjacent to an activating group) is 1. The van der Waals surface area contributed by atoms with Gasteiger partial charge in [-0.25, -0.2) is 4.39 Å². The summed E-state index contributed by atoms with van der Waals surface area (Å²) < 4.78 is 208. The highest BCUT2D eigenvalue weighted by Crippen LogP contribution is 2.63. The molecule has 0 aromatic carbocycles. The van der Waals surface area contributed by atoms with Crippen LogP contribution in [0.1, 0.15) is 0 Å². The first kappa shape index (κ1) is 34.0. The Labute approximate surface area is 180 Å². The Hall–Kier alpha value is -1.17. The second-order valence-electron chi connectivity index (χ2n) is 7.06. The van der Waals surface area contributed by atoms with E-state index in [1.807, 2.05) is 0 Å². The molecule has 0 rings (SSSR count). The van der Waals surface area contributed by atoms with Crippen LogP contribution in [0.15, 0.2) is 11.9 Å². The van der Waals surface area contributed by atoms with E-state index < -0.39 is 71.2 Å². The zero-order chi connectivity index (χ0) is 26.4. The summed E-state index contributed by atoms with van der Waals surface area (Å²) >= 11 is 0. The maximum absolute atomic E-state index is 13.6. The van der Waals surface area contributed by atoms with Gasteiger partial charge in [0.25, 0.3) is 0 Å². The largest absolute Gasteiger partial charge is 1.00 e. The lowest BCUT2D eigenvalue weighted by Crippen LogP contribution is -3.00. The summed E-state index contributed by atoms with van der Waals surface area (Å²) in [4.78, 5) is 0. The standard InChI is InChI=1S/C14H14F16NO.ClH/c1-31(2,5-6-32)4-3-7(15)8(16,17)9(18,19)10(20,21)11(22,23)12(24,25)13(26,27)14(28,29)30;/h3,32H,4-6H2,1-2H3;1H/q+1;/p-1. The highest BCUT2D eigenvalue weighted by atomic mass is 35.5. The minimum absolute atomic E-state index is 0. The normalized spacial score (nSPS) is 16.0. The van der Waals surface area contributed by atoms with Crippen LogP contribution in [0.4, 0.5) is 70.2 Å². The molecular formula is C14H14ClF16NO. The molecule has 19 heteroatoms. The van der Waals surface area contributed by atoms with Crippen LogP contribution in [0.25, 0.3) is 0 Å². The van der Waals surface area contributed by atoms with Crippen molar-refractivity contribution in [1.82, 2.24) is 0 Å². The summed E-state index contributed by atoms with van der Waals surface area (Å²) in [5, 5.41) is 8.66. The molecule has 33 heavy (non-hydrogen) atoms. The predicted octanol–water partition coefficient (Wildman–Crippen LogP) is 2.29. The van der Waals surface area contributed by atoms with E-state index >= 15 is 0 Å². The van der Waals surface area contributed by atoms with E-state index in [0.717, 1.165) is 14.1 Å². The van der Waals surface area contributed by atoms with Crippen LogP contribution >= 0.6 is 0 Å². The summed E-state index contributed by atoms with van der Waals surface area (Å²) in [5.74, 6) is -51.8. The van der Waals surface area contributed by atoms with Crippen LogP contribution in [0, 0.1) is 0 Å². The minimum Gasteiger partial charge on any atom is -1.00 e. The van der Waals surface area contributed by atoms with Gasteiger partial charge in [-0.2, -0.15) is 65.9 Å². The van der Waals surface area contributed by atoms with Crippen molar-refractivity contribution in [2.45, 2.75) is 41.7 Å². The molecule has 0 saturated carbocycles. The molecule has 0 spiro atoms. The first-order chi connectivity index (χ1) is 13.7. The number of quaternary nitrogens is 1. The van der Waals surface area contributed by atoms with Crippen molar-refractivity contribution in [2.24, 2.45) is 0 Å². The molecule has 0 amide bonds. The number of hydrogen-bond donors (Lipinski definition) is 1. The molecule has 0 radical (unpaired) electrons. The van der Waals surface area contributed by atoms with Gasteiger partial charge in [0.15, 0.2) is 5.83 Å². The lowest BCUT2D eigenvalue weighted by Gasteiger charge is -2.41. The zero-order valence-electron chi connectivity index (χ0n) is 16.0. The molecule has 1 N–H and O–H groups in total. The fraction of sp³-hybridized carbons (Fsp3) is 0.857. The van der Waals surface area contributed by atoms with Gasteiger partial charge in [0, 0.05) is 6.08 Å². The molecule has 0 heterocycles. The van der Waals surface area contributed by atoms with Gasteiger partial charge in [-0.3, -0.25) is 0 Å². The van der Waals surface area contributed by atoms with Gasteiger partial charge in [-0.05, 0) is 0 Å². The van der Waals surface area contributed by atoms with Crippen molar-refractivity contribution >= 4 is 0 Å². The number of hydrogen-bond acceptors (Lipinski definition) is 1. The van der Waals surface area contributed by atoms with E-state index in [1.165, 1.54) is 0 Å². The molecule has 0 saturated heterocycles. The summed E-state index contributed by atoms with van der Waals surface area (Å²) in [6.07, 6.45) is -8.27. The highest BCUT2D eigenvalue weighted by Gasteiger charge is 2.93. The van der Waals surface area contributed by atoms with E-state index in [9.17, 15) is 70.2 Å². The smallest absolute Gasteiger partial charge is 0.460 e. The van der Waals surface area contributed by atoms with Gasteiger partial charge < -0.3 is 22.0 Å². The number of aliphatic hydroxyl groups excluding tert-OH is 1. The Kier molecular flexibility index (Phi) is 9.75. The molecule has 0 aliphatic rings. The lowest BCUT2D eigenvalue weighted by atomic mass is 9.90. The topological polar surface area (TPSA) is 20.2 Å². The second-order valence-corrected chi connectivity index (χ2v) is 7.06. The van der Waals surface area contributed by atoms with Crippen molar-refractivity contribution in [3.63, 3.8) is 0 Å². The molecule has 0 aliphatic heterocycles. The number of alkyl halides is 15. The van der Waals surface area contributed by atoms with E-state index in [2.05, 4.69) is 0 Å². The molecule has 0 aromatic rings. The van der Waals surface area contributed by atoms with E-state index in [4.69, 9.17) is 5.11 Å². The maximum atomic E-state index is 13.6. The Morgan fingerprint density at radius 1 is 0.667 bits per heavy atom. The van der Waals surface area contributed by atoms with Crippen LogP contribution in [0.3, 0.4) is 0 Å². The van der Waals surface area contributed by atoms with Gasteiger partial charge in [0.1, 0.15) is 13.1 Å². The molecule has 2 nitrogen and oxygen atoms in total. The van der Waals surface area contributed by atoms with E-state index in [-0.39, 0.29) is 19.0 Å². The number of halogens is 17. The predicted molar refractivity (Wildman–Crippen MR) is 73.9 cm³/mol. The Morgan fingerprint density at radius 2 is 1.00 bits per heavy atom. The van der Waals surface area contributed by atoms with Crippen molar-refractivity contribution in [3.8, 4) is 0 Å². The molecule has 0 unspecified atom stereocenters. The van der Waals surface area contributed by atoms with Gasteiger partial charge >= 0.3 is 41.7 Å². The number of nitrogens with zero attached hydrogens (tertiary/aromatic N) is 1. The fourth-order valence-corrected chi connectivity index (χ4v) is 1.93. The summed E-state index contributed by atoms with van der Waals surface area (Å²) in [6, 6.07) is 0. The van der Waals surface area contributed by atoms with Crippen molar-refractivity contribution < 1.29 is 92.2 Å². The fourth-order valence-electron chi connectivity index (χ4n) is 1.93. The monoisotopic (exact) mass is 551 g/mol. The SMILES string of the molecule is C[N+](C)(CC=C(F)C(F)(F)C(F)(F)C(F)(F)C(F)(F)C(F)(F)C(F)(F)C(F)(F)F)CCO.[Cl-]. The number of rotatable bonds is 10. The van der Waals surface area contributed by atoms with E-state index in [1.54, 1.807) is 0 Å². The van der Waals surface area contributed by atoms with Gasteiger partial charge in [-0.1, -0.05) is 0 Å². The van der Waals surface area contributed by atoms with Gasteiger partial charge in [0.2, 0.25) is 0 Å². The van der Waals surface area contributed by atoms with Crippen molar-refractivity contribution in [3.05, 3.63) is 11.9 Å². The summed E-state index contributed by atoms with van der Waals surface area (Å²) in [6.45, 7) is -2.16. The van der Waals surface area contributed by atoms with Crippen LogP contribution in [0.2, 0.25) is 0 Å². The number of aliphatic hydroxyl groups is 1. The van der Waals surface area contributed by atoms with Gasteiger partial charge in [0.05, 0.1) is 20.7 Å². The van der Waals surface area contributed by atoms with Crippen LogP contribution < -0.4 is 12.4 Å². The third-order valence-corrected chi connectivity index (χ3v) is 4.10. The molecule has 0 fully saturated rings. The lowest BCUT2D eigenvalue weighted by molar-refractivity contribution is -0.884. The summed E-state index contributed by atoms with van der Waals surface area (Å²) in [5.41, 5.74) is 0. The zero-order valence-corrected chi connectivity index (χ0v) is 16.8. The maximum Gasteiger partial charge on any atom is 0.460 e. The average molecular weight is 552 g/mol. The Morgan fingerprint density at radius 3 is 1.33 bits per heavy atom. The van der Waals surface area contributed by atoms with Crippen LogP contribution in [-0.2, 0) is 0 Å². The Balaban J connectivity index is 0. The first-order valence-electron chi connectivity index (χ1n) is 7.81. The molecule has 0 aliphatic carbocycles. The molecule has 0 atom stereocenters.